The number of anilines is 1. The minimum atomic E-state index is -0.153. The van der Waals surface area contributed by atoms with Gasteiger partial charge in [-0.3, -0.25) is 14.5 Å². The van der Waals surface area contributed by atoms with Gasteiger partial charge in [0.05, 0.1) is 20.8 Å². The van der Waals surface area contributed by atoms with Gasteiger partial charge in [0.1, 0.15) is 17.3 Å². The monoisotopic (exact) mass is 446 g/mol. The Balaban J connectivity index is 0.00000341. The number of carbonyl (C=O) groups excluding carboxylic acids is 2. The Morgan fingerprint density at radius 2 is 2.03 bits per heavy atom. The SMILES string of the molecule is COc1ccc(OC)c(CN(C)C(=O)/C=C/c2cnc3c(c2)CN(C)CC(=O)N3)c1.Cl. The third kappa shape index (κ3) is 6.19. The maximum atomic E-state index is 12.6. The lowest BCUT2D eigenvalue weighted by atomic mass is 10.1. The lowest BCUT2D eigenvalue weighted by Gasteiger charge is -2.18. The third-order valence-electron chi connectivity index (χ3n) is 4.79. The van der Waals surface area contributed by atoms with Crippen molar-refractivity contribution in [2.75, 3.05) is 40.2 Å². The molecule has 2 amide bonds. The number of amides is 2. The number of methoxy groups -OCH3 is 2. The van der Waals surface area contributed by atoms with E-state index in [1.807, 2.05) is 36.2 Å². The first-order valence-corrected chi connectivity index (χ1v) is 9.51. The largest absolute Gasteiger partial charge is 0.497 e. The second-order valence-corrected chi connectivity index (χ2v) is 7.20. The molecule has 1 aliphatic rings. The molecule has 1 aromatic carbocycles. The minimum Gasteiger partial charge on any atom is -0.497 e. The van der Waals surface area contributed by atoms with E-state index in [4.69, 9.17) is 9.47 Å². The summed E-state index contributed by atoms with van der Waals surface area (Å²) in [5, 5.41) is 2.80. The summed E-state index contributed by atoms with van der Waals surface area (Å²) in [5.41, 5.74) is 2.55. The molecular formula is C22H27ClN4O4. The predicted octanol–water partition coefficient (Wildman–Crippen LogP) is 2.58. The number of nitrogens with zero attached hydrogens (tertiary/aromatic N) is 3. The Labute approximate surface area is 188 Å². The summed E-state index contributed by atoms with van der Waals surface area (Å²) in [5.74, 6) is 1.72. The van der Waals surface area contributed by atoms with Crippen LogP contribution in [0.4, 0.5) is 5.82 Å². The Morgan fingerprint density at radius 1 is 1.26 bits per heavy atom. The molecule has 0 unspecified atom stereocenters. The first-order valence-electron chi connectivity index (χ1n) is 9.51. The fraction of sp³-hybridized carbons (Fsp3) is 0.318. The van der Waals surface area contributed by atoms with Crippen LogP contribution in [0.1, 0.15) is 16.7 Å². The number of likely N-dealkylation sites (N-methyl/N-ethyl adjacent to an activating group) is 2. The highest BCUT2D eigenvalue weighted by Crippen LogP contribution is 2.25. The van der Waals surface area contributed by atoms with Gasteiger partial charge in [-0.2, -0.15) is 0 Å². The quantitative estimate of drug-likeness (QED) is 0.686. The topological polar surface area (TPSA) is 84.0 Å². The molecule has 1 N–H and O–H groups in total. The van der Waals surface area contributed by atoms with E-state index >= 15 is 0 Å². The highest BCUT2D eigenvalue weighted by atomic mass is 35.5. The van der Waals surface area contributed by atoms with Gasteiger partial charge in [-0.15, -0.1) is 12.4 Å². The average Bonchev–Trinajstić information content (AvgIpc) is 2.87. The van der Waals surface area contributed by atoms with Crippen LogP contribution in [0.2, 0.25) is 0 Å². The van der Waals surface area contributed by atoms with Gasteiger partial charge in [0.2, 0.25) is 11.8 Å². The number of halogens is 1. The van der Waals surface area contributed by atoms with Crippen LogP contribution in [0, 0.1) is 0 Å². The summed E-state index contributed by atoms with van der Waals surface area (Å²) in [6.07, 6.45) is 4.87. The Kier molecular flexibility index (Phi) is 8.41. The van der Waals surface area contributed by atoms with Crippen LogP contribution < -0.4 is 14.8 Å². The number of aromatic nitrogens is 1. The van der Waals surface area contributed by atoms with Gasteiger partial charge >= 0.3 is 0 Å². The predicted molar refractivity (Wildman–Crippen MR) is 122 cm³/mol. The maximum Gasteiger partial charge on any atom is 0.246 e. The van der Waals surface area contributed by atoms with E-state index in [1.54, 1.807) is 38.4 Å². The normalized spacial score (nSPS) is 13.6. The Morgan fingerprint density at radius 3 is 2.74 bits per heavy atom. The zero-order chi connectivity index (χ0) is 21.7. The van der Waals surface area contributed by atoms with Crippen molar-refractivity contribution in [1.29, 1.82) is 0 Å². The molecule has 0 aliphatic carbocycles. The van der Waals surface area contributed by atoms with Crippen molar-refractivity contribution in [2.24, 2.45) is 0 Å². The van der Waals surface area contributed by atoms with E-state index in [-0.39, 0.29) is 24.2 Å². The van der Waals surface area contributed by atoms with Crippen LogP contribution in [0.3, 0.4) is 0 Å². The fourth-order valence-electron chi connectivity index (χ4n) is 3.25. The van der Waals surface area contributed by atoms with E-state index in [0.717, 1.165) is 16.7 Å². The summed E-state index contributed by atoms with van der Waals surface area (Å²) in [6, 6.07) is 7.42. The number of fused-ring (bicyclic) bond motifs is 1. The number of rotatable bonds is 6. The molecular weight excluding hydrogens is 420 g/mol. The lowest BCUT2D eigenvalue weighted by molar-refractivity contribution is -0.125. The van der Waals surface area contributed by atoms with Gasteiger partial charge < -0.3 is 19.7 Å². The van der Waals surface area contributed by atoms with Crippen molar-refractivity contribution in [1.82, 2.24) is 14.8 Å². The van der Waals surface area contributed by atoms with Crippen LogP contribution >= 0.6 is 12.4 Å². The molecule has 0 spiro atoms. The van der Waals surface area contributed by atoms with E-state index in [0.29, 0.717) is 37.0 Å². The van der Waals surface area contributed by atoms with Crippen LogP contribution in [0.15, 0.2) is 36.5 Å². The number of hydrogen-bond acceptors (Lipinski definition) is 6. The van der Waals surface area contributed by atoms with E-state index in [9.17, 15) is 9.59 Å². The van der Waals surface area contributed by atoms with Crippen LogP contribution in [-0.2, 0) is 22.7 Å². The van der Waals surface area contributed by atoms with Crippen LogP contribution in [0.5, 0.6) is 11.5 Å². The van der Waals surface area contributed by atoms with Gasteiger partial charge in [0.25, 0.3) is 0 Å². The minimum absolute atomic E-state index is 0. The molecule has 2 aromatic rings. The zero-order valence-corrected chi connectivity index (χ0v) is 18.9. The molecule has 0 saturated carbocycles. The van der Waals surface area contributed by atoms with Crippen LogP contribution in [0.25, 0.3) is 6.08 Å². The number of carbonyl (C=O) groups is 2. The molecule has 1 aliphatic heterocycles. The average molecular weight is 447 g/mol. The lowest BCUT2D eigenvalue weighted by Crippen LogP contribution is -2.26. The highest BCUT2D eigenvalue weighted by Gasteiger charge is 2.17. The molecule has 166 valence electrons. The molecule has 0 atom stereocenters. The van der Waals surface area contributed by atoms with Crippen molar-refractivity contribution in [3.8, 4) is 11.5 Å². The number of benzene rings is 1. The van der Waals surface area contributed by atoms with Gasteiger partial charge in [-0.1, -0.05) is 0 Å². The van der Waals surface area contributed by atoms with E-state index in [2.05, 4.69) is 10.3 Å². The number of ether oxygens (including phenoxy) is 2. The fourth-order valence-corrected chi connectivity index (χ4v) is 3.25. The molecule has 0 saturated heterocycles. The summed E-state index contributed by atoms with van der Waals surface area (Å²) in [7, 11) is 6.80. The first-order chi connectivity index (χ1) is 14.4. The van der Waals surface area contributed by atoms with Gasteiger partial charge in [-0.25, -0.2) is 4.98 Å². The summed E-state index contributed by atoms with van der Waals surface area (Å²) >= 11 is 0. The van der Waals surface area contributed by atoms with Gasteiger partial charge in [-0.05, 0) is 43.0 Å². The van der Waals surface area contributed by atoms with E-state index in [1.165, 1.54) is 6.08 Å². The number of pyridine rings is 1. The summed E-state index contributed by atoms with van der Waals surface area (Å²) < 4.78 is 10.6. The van der Waals surface area contributed by atoms with Gasteiger partial charge in [0.15, 0.2) is 0 Å². The first kappa shape index (κ1) is 24.2. The van der Waals surface area contributed by atoms with Crippen molar-refractivity contribution in [3.63, 3.8) is 0 Å². The Bertz CT molecular complexity index is 980. The second kappa shape index (κ2) is 10.8. The summed E-state index contributed by atoms with van der Waals surface area (Å²) in [6.45, 7) is 1.30. The van der Waals surface area contributed by atoms with Crippen LogP contribution in [-0.4, -0.2) is 61.5 Å². The number of nitrogens with one attached hydrogen (secondary N) is 1. The molecule has 0 bridgehead atoms. The molecule has 0 fully saturated rings. The summed E-state index contributed by atoms with van der Waals surface area (Å²) in [4.78, 5) is 32.2. The smallest absolute Gasteiger partial charge is 0.246 e. The van der Waals surface area contributed by atoms with E-state index < -0.39 is 0 Å². The molecule has 9 heteroatoms. The molecule has 2 heterocycles. The van der Waals surface area contributed by atoms with Gasteiger partial charge in [0, 0.05) is 43.5 Å². The Hall–Kier alpha value is -3.10. The molecule has 8 nitrogen and oxygen atoms in total. The molecule has 31 heavy (non-hydrogen) atoms. The van der Waals surface area contributed by atoms with Crippen molar-refractivity contribution < 1.29 is 19.1 Å². The third-order valence-corrected chi connectivity index (χ3v) is 4.79. The van der Waals surface area contributed by atoms with Crippen molar-refractivity contribution in [2.45, 2.75) is 13.1 Å². The zero-order valence-electron chi connectivity index (χ0n) is 18.0. The standard InChI is InChI=1S/C22H26N4O4.ClH/c1-25-12-17-9-15(11-23-22(17)24-20(27)14-25)5-8-21(28)26(2)13-16-10-18(29-3)6-7-19(16)30-4;/h5-11H,12-14H2,1-4H3,(H,23,24,27);1H/b8-5+;. The maximum absolute atomic E-state index is 12.6. The molecule has 3 rings (SSSR count). The second-order valence-electron chi connectivity index (χ2n) is 7.20. The van der Waals surface area contributed by atoms with Crippen molar-refractivity contribution >= 4 is 36.1 Å². The molecule has 1 aromatic heterocycles. The molecule has 0 radical (unpaired) electrons. The number of hydrogen-bond donors (Lipinski definition) is 1. The van der Waals surface area contributed by atoms with Crippen molar-refractivity contribution in [3.05, 3.63) is 53.2 Å². The highest BCUT2D eigenvalue weighted by molar-refractivity contribution is 5.93.